The van der Waals surface area contributed by atoms with Gasteiger partial charge in [0.2, 0.25) is 0 Å². The molecule has 10 nitrogen and oxygen atoms in total. The first-order valence-electron chi connectivity index (χ1n) is 13.6. The fraction of sp³-hybridized carbons (Fsp3) is 0.483. The Bertz CT molecular complexity index is 1460. The number of phenolic OH excluding ortho intramolecular Hbond substituents is 1. The Kier molecular flexibility index (Phi) is 7.26. The smallest absolute Gasteiger partial charge is 0.318 e. The average molecular weight is 660 g/mol. The van der Waals surface area contributed by atoms with E-state index in [2.05, 4.69) is 41.6 Å². The van der Waals surface area contributed by atoms with Crippen LogP contribution < -0.4 is 9.64 Å². The van der Waals surface area contributed by atoms with E-state index < -0.39 is 12.2 Å². The molecule has 1 saturated heterocycles. The molecular formula is C29H34IN5O5. The number of halogens is 1. The van der Waals surface area contributed by atoms with Gasteiger partial charge in [-0.3, -0.25) is 4.79 Å². The van der Waals surface area contributed by atoms with Gasteiger partial charge in [-0.05, 0) is 79.5 Å². The maximum atomic E-state index is 13.9. The van der Waals surface area contributed by atoms with Gasteiger partial charge in [-0.1, -0.05) is 12.1 Å². The topological polar surface area (TPSA) is 122 Å². The fourth-order valence-electron chi connectivity index (χ4n) is 5.92. The lowest BCUT2D eigenvalue weighted by molar-refractivity contribution is 0.00778. The number of carbonyl (C=O) groups is 1. The zero-order valence-corrected chi connectivity index (χ0v) is 24.8. The number of anilines is 1. The predicted octanol–water partition coefficient (Wildman–Crippen LogP) is 2.75. The summed E-state index contributed by atoms with van der Waals surface area (Å²) in [6, 6.07) is 9.20. The number of rotatable bonds is 7. The van der Waals surface area contributed by atoms with Gasteiger partial charge in [0, 0.05) is 39.6 Å². The number of hydrogen-bond donors (Lipinski definition) is 3. The number of aliphatic hydroxyl groups excluding tert-OH is 2. The van der Waals surface area contributed by atoms with Crippen LogP contribution in [0.4, 0.5) is 5.82 Å². The molecular weight excluding hydrogens is 625 g/mol. The molecule has 1 aliphatic carbocycles. The van der Waals surface area contributed by atoms with Gasteiger partial charge in [0.05, 0.1) is 43.2 Å². The van der Waals surface area contributed by atoms with Crippen LogP contribution in [0.2, 0.25) is 0 Å². The minimum absolute atomic E-state index is 0.0401. The number of aromatic hydroxyl groups is 1. The number of phenols is 1. The highest BCUT2D eigenvalue weighted by atomic mass is 127. The number of aromatic nitrogens is 2. The molecule has 11 heteroatoms. The second-order valence-electron chi connectivity index (χ2n) is 11.6. The van der Waals surface area contributed by atoms with Crippen molar-refractivity contribution in [1.29, 1.82) is 0 Å². The highest BCUT2D eigenvalue weighted by molar-refractivity contribution is 14.1. The van der Waals surface area contributed by atoms with Crippen LogP contribution in [0.15, 0.2) is 30.3 Å². The Morgan fingerprint density at radius 1 is 1.18 bits per heavy atom. The van der Waals surface area contributed by atoms with E-state index in [1.54, 1.807) is 11.0 Å². The molecule has 1 saturated carbocycles. The summed E-state index contributed by atoms with van der Waals surface area (Å²) in [5, 5.41) is 32.5. The van der Waals surface area contributed by atoms with Crippen molar-refractivity contribution in [1.82, 2.24) is 19.8 Å². The molecule has 1 aromatic heterocycles. The number of ether oxygens (including phenoxy) is 1. The van der Waals surface area contributed by atoms with Gasteiger partial charge in [-0.15, -0.1) is 0 Å². The molecule has 6 rings (SSSR count). The van der Waals surface area contributed by atoms with Crippen LogP contribution >= 0.6 is 22.6 Å². The molecule has 1 amide bonds. The number of hydrogen-bond acceptors (Lipinski definition) is 9. The van der Waals surface area contributed by atoms with Crippen molar-refractivity contribution in [2.24, 2.45) is 5.41 Å². The quantitative estimate of drug-likeness (QED) is 0.329. The number of carbonyl (C=O) groups excluding carboxylic acids is 1. The van der Waals surface area contributed by atoms with Gasteiger partial charge in [-0.2, -0.15) is 9.97 Å². The SMILES string of the molecule is CN(C)CC1(COc2nc3c(c(N4CC[C@@H](O)[C@@H](O)C4)n2)CN(C(=O)c2cc(O)cc4cccc(I)c24)C3)CC1. The molecule has 2 atom stereocenters. The van der Waals surface area contributed by atoms with Crippen LogP contribution in [0, 0.1) is 8.99 Å². The summed E-state index contributed by atoms with van der Waals surface area (Å²) < 4.78 is 7.11. The summed E-state index contributed by atoms with van der Waals surface area (Å²) in [7, 11) is 4.12. The lowest BCUT2D eigenvalue weighted by Crippen LogP contribution is -2.47. The zero-order valence-electron chi connectivity index (χ0n) is 22.7. The molecule has 3 heterocycles. The van der Waals surface area contributed by atoms with Crippen molar-refractivity contribution in [2.75, 3.05) is 45.2 Å². The Morgan fingerprint density at radius 3 is 2.70 bits per heavy atom. The molecule has 0 unspecified atom stereocenters. The third-order valence-corrected chi connectivity index (χ3v) is 9.03. The van der Waals surface area contributed by atoms with Crippen LogP contribution in [0.25, 0.3) is 10.8 Å². The van der Waals surface area contributed by atoms with E-state index >= 15 is 0 Å². The molecule has 2 fully saturated rings. The Balaban J connectivity index is 1.32. The summed E-state index contributed by atoms with van der Waals surface area (Å²) >= 11 is 2.22. The molecule has 3 aliphatic rings. The van der Waals surface area contributed by atoms with Gasteiger partial charge >= 0.3 is 6.01 Å². The summed E-state index contributed by atoms with van der Waals surface area (Å²) in [5.41, 5.74) is 2.07. The fourth-order valence-corrected chi connectivity index (χ4v) is 6.72. The van der Waals surface area contributed by atoms with E-state index in [0.29, 0.717) is 43.2 Å². The summed E-state index contributed by atoms with van der Waals surface area (Å²) in [4.78, 5) is 29.3. The molecule has 0 bridgehead atoms. The van der Waals surface area contributed by atoms with Crippen molar-refractivity contribution < 1.29 is 24.9 Å². The van der Waals surface area contributed by atoms with E-state index in [-0.39, 0.29) is 36.2 Å². The van der Waals surface area contributed by atoms with Gasteiger partial charge in [0.25, 0.3) is 5.91 Å². The molecule has 40 heavy (non-hydrogen) atoms. The molecule has 2 aliphatic heterocycles. The Labute approximate surface area is 246 Å². The lowest BCUT2D eigenvalue weighted by atomic mass is 10.0. The third-order valence-electron chi connectivity index (χ3n) is 8.13. The van der Waals surface area contributed by atoms with Crippen LogP contribution in [0.5, 0.6) is 11.8 Å². The van der Waals surface area contributed by atoms with E-state index in [0.717, 1.165) is 39.3 Å². The van der Waals surface area contributed by atoms with Crippen LogP contribution in [0.1, 0.15) is 40.9 Å². The highest BCUT2D eigenvalue weighted by Gasteiger charge is 2.44. The van der Waals surface area contributed by atoms with Crippen molar-refractivity contribution in [3.05, 3.63) is 50.7 Å². The standard InChI is InChI=1S/C29H34IN5O5/c1-33(2)15-29(7-8-29)16-40-28-31-22-13-35(12-20(22)26(32-28)34-9-6-23(37)24(38)14-34)27(39)19-11-18(36)10-17-4-3-5-21(30)25(17)19/h3-5,10-11,23-24,36-38H,6-9,12-16H2,1-2H3/t23-,24+/m1/s1. The second kappa shape index (κ2) is 10.6. The van der Waals surface area contributed by atoms with Crippen molar-refractivity contribution in [2.45, 2.75) is 44.6 Å². The maximum Gasteiger partial charge on any atom is 0.318 e. The average Bonchev–Trinajstić information content (AvgIpc) is 3.53. The van der Waals surface area contributed by atoms with Gasteiger partial charge in [-0.25, -0.2) is 0 Å². The number of β-amino-alcohol motifs (C(OH)–C–C–N with tert-alkyl or cyclic N) is 1. The number of aliphatic hydroxyl groups is 2. The Morgan fingerprint density at radius 2 is 1.98 bits per heavy atom. The monoisotopic (exact) mass is 659 g/mol. The lowest BCUT2D eigenvalue weighted by Gasteiger charge is -2.35. The molecule has 3 N–H and O–H groups in total. The van der Waals surface area contributed by atoms with E-state index in [9.17, 15) is 20.1 Å². The number of piperidine rings is 1. The summed E-state index contributed by atoms with van der Waals surface area (Å²) in [5.74, 6) is 0.473. The molecule has 0 radical (unpaired) electrons. The summed E-state index contributed by atoms with van der Waals surface area (Å²) in [6.45, 7) is 2.78. The summed E-state index contributed by atoms with van der Waals surface area (Å²) in [6.07, 6.45) is 0.940. The number of nitrogens with zero attached hydrogens (tertiary/aromatic N) is 5. The van der Waals surface area contributed by atoms with E-state index in [4.69, 9.17) is 14.7 Å². The normalized spacial score (nSPS) is 21.6. The molecule has 212 valence electrons. The van der Waals surface area contributed by atoms with Gasteiger partial charge in [0.1, 0.15) is 11.6 Å². The molecule has 0 spiro atoms. The maximum absolute atomic E-state index is 13.9. The number of fused-ring (bicyclic) bond motifs is 2. The van der Waals surface area contributed by atoms with E-state index in [1.165, 1.54) is 6.07 Å². The second-order valence-corrected chi connectivity index (χ2v) is 12.8. The van der Waals surface area contributed by atoms with Crippen molar-refractivity contribution in [3.8, 4) is 11.8 Å². The largest absolute Gasteiger partial charge is 0.508 e. The van der Waals surface area contributed by atoms with Gasteiger partial charge < -0.3 is 34.8 Å². The van der Waals surface area contributed by atoms with Gasteiger partial charge in [0.15, 0.2) is 0 Å². The molecule has 3 aromatic rings. The molecule has 2 aromatic carbocycles. The first kappa shape index (κ1) is 27.4. The Hall–Kier alpha value is -2.74. The van der Waals surface area contributed by atoms with Crippen LogP contribution in [0.3, 0.4) is 0 Å². The van der Waals surface area contributed by atoms with Crippen molar-refractivity contribution >= 4 is 45.1 Å². The third kappa shape index (κ3) is 5.31. The zero-order chi connectivity index (χ0) is 28.2. The predicted molar refractivity (Wildman–Crippen MR) is 158 cm³/mol. The van der Waals surface area contributed by atoms with Crippen LogP contribution in [-0.4, -0.2) is 93.5 Å². The van der Waals surface area contributed by atoms with Crippen LogP contribution in [-0.2, 0) is 13.1 Å². The number of amides is 1. The highest BCUT2D eigenvalue weighted by Crippen LogP contribution is 2.46. The van der Waals surface area contributed by atoms with E-state index in [1.807, 2.05) is 23.1 Å². The minimum atomic E-state index is -0.890. The minimum Gasteiger partial charge on any atom is -0.508 e. The first-order chi connectivity index (χ1) is 19.1. The first-order valence-corrected chi connectivity index (χ1v) is 14.7. The van der Waals surface area contributed by atoms with Crippen molar-refractivity contribution in [3.63, 3.8) is 0 Å². The number of benzene rings is 2.